The van der Waals surface area contributed by atoms with E-state index in [2.05, 4.69) is 22.2 Å². The second kappa shape index (κ2) is 6.59. The van der Waals surface area contributed by atoms with Crippen LogP contribution in [0.1, 0.15) is 25.7 Å². The van der Waals surface area contributed by atoms with Gasteiger partial charge in [-0.3, -0.25) is 0 Å². The number of anilines is 1. The van der Waals surface area contributed by atoms with Gasteiger partial charge in [0.05, 0.1) is 19.0 Å². The lowest BCUT2D eigenvalue weighted by Crippen LogP contribution is -2.37. The van der Waals surface area contributed by atoms with Crippen LogP contribution in [0.2, 0.25) is 0 Å². The average Bonchev–Trinajstić information content (AvgIpc) is 2.42. The molecular formula is C14H23N3O. The number of pyridine rings is 1. The zero-order chi connectivity index (χ0) is 12.8. The summed E-state index contributed by atoms with van der Waals surface area (Å²) in [6.07, 6.45) is 7.08. The summed E-state index contributed by atoms with van der Waals surface area (Å²) in [5, 5.41) is 3.42. The summed E-state index contributed by atoms with van der Waals surface area (Å²) in [5.41, 5.74) is 1.06. The van der Waals surface area contributed by atoms with E-state index in [-0.39, 0.29) is 0 Å². The van der Waals surface area contributed by atoms with E-state index in [4.69, 9.17) is 4.74 Å². The van der Waals surface area contributed by atoms with Crippen LogP contribution in [0.4, 0.5) is 5.69 Å². The van der Waals surface area contributed by atoms with Gasteiger partial charge in [0, 0.05) is 18.7 Å². The maximum absolute atomic E-state index is 5.04. The molecule has 0 aliphatic carbocycles. The van der Waals surface area contributed by atoms with Crippen LogP contribution in [0.15, 0.2) is 18.3 Å². The number of aromatic nitrogens is 1. The largest absolute Gasteiger partial charge is 0.481 e. The molecule has 18 heavy (non-hydrogen) atoms. The molecule has 1 saturated heterocycles. The highest BCUT2D eigenvalue weighted by molar-refractivity contribution is 5.41. The van der Waals surface area contributed by atoms with Crippen molar-refractivity contribution in [2.24, 2.45) is 0 Å². The molecule has 0 bridgehead atoms. The lowest BCUT2D eigenvalue weighted by Gasteiger charge is -2.32. The molecule has 1 atom stereocenters. The zero-order valence-corrected chi connectivity index (χ0v) is 11.4. The van der Waals surface area contributed by atoms with Gasteiger partial charge in [0.2, 0.25) is 5.88 Å². The quantitative estimate of drug-likeness (QED) is 0.869. The van der Waals surface area contributed by atoms with Gasteiger partial charge < -0.3 is 15.0 Å². The van der Waals surface area contributed by atoms with E-state index in [1.807, 2.05) is 18.3 Å². The van der Waals surface area contributed by atoms with Gasteiger partial charge in [0.15, 0.2) is 0 Å². The van der Waals surface area contributed by atoms with E-state index in [1.165, 1.54) is 32.2 Å². The highest BCUT2D eigenvalue weighted by atomic mass is 16.5. The Morgan fingerprint density at radius 2 is 2.33 bits per heavy atom. The molecule has 0 aromatic carbocycles. The van der Waals surface area contributed by atoms with Crippen molar-refractivity contribution in [3.63, 3.8) is 0 Å². The van der Waals surface area contributed by atoms with E-state index >= 15 is 0 Å². The second-order valence-electron chi connectivity index (χ2n) is 4.93. The minimum atomic E-state index is 0.660. The van der Waals surface area contributed by atoms with Gasteiger partial charge >= 0.3 is 0 Å². The summed E-state index contributed by atoms with van der Waals surface area (Å²) in [7, 11) is 3.87. The van der Waals surface area contributed by atoms with Crippen LogP contribution in [-0.4, -0.2) is 43.2 Å². The Kier molecular flexibility index (Phi) is 4.81. The SMILES string of the molecule is COc1ccc(NCCC2CCCCN2C)cn1. The molecule has 1 aromatic rings. The number of hydrogen-bond acceptors (Lipinski definition) is 4. The first kappa shape index (κ1) is 13.1. The highest BCUT2D eigenvalue weighted by Gasteiger charge is 2.17. The van der Waals surface area contributed by atoms with Crippen LogP contribution < -0.4 is 10.1 Å². The summed E-state index contributed by atoms with van der Waals surface area (Å²) in [6.45, 7) is 2.25. The number of piperidine rings is 1. The summed E-state index contributed by atoms with van der Waals surface area (Å²) in [4.78, 5) is 6.67. The molecule has 0 radical (unpaired) electrons. The van der Waals surface area contributed by atoms with E-state index in [1.54, 1.807) is 7.11 Å². The van der Waals surface area contributed by atoms with Gasteiger partial charge in [-0.25, -0.2) is 4.98 Å². The predicted molar refractivity (Wildman–Crippen MR) is 74.2 cm³/mol. The fourth-order valence-electron chi connectivity index (χ4n) is 2.50. The first-order valence-electron chi connectivity index (χ1n) is 6.74. The fraction of sp³-hybridized carbons (Fsp3) is 0.643. The van der Waals surface area contributed by atoms with E-state index in [0.29, 0.717) is 5.88 Å². The lowest BCUT2D eigenvalue weighted by atomic mass is 10.0. The molecule has 0 saturated carbocycles. The monoisotopic (exact) mass is 249 g/mol. The standard InChI is InChI=1S/C14H23N3O/c1-17-10-4-3-5-13(17)8-9-15-12-6-7-14(18-2)16-11-12/h6-7,11,13,15H,3-5,8-10H2,1-2H3. The number of rotatable bonds is 5. The molecule has 1 aromatic heterocycles. The fourth-order valence-corrected chi connectivity index (χ4v) is 2.50. The summed E-state index contributed by atoms with van der Waals surface area (Å²) >= 11 is 0. The van der Waals surface area contributed by atoms with Gasteiger partial charge in [0.25, 0.3) is 0 Å². The molecule has 1 aliphatic rings. The van der Waals surface area contributed by atoms with Gasteiger partial charge in [0.1, 0.15) is 0 Å². The summed E-state index contributed by atoms with van der Waals surface area (Å²) in [6, 6.07) is 4.63. The van der Waals surface area contributed by atoms with Crippen molar-refractivity contribution in [1.29, 1.82) is 0 Å². The number of nitrogens with zero attached hydrogens (tertiary/aromatic N) is 2. The minimum Gasteiger partial charge on any atom is -0.481 e. The number of likely N-dealkylation sites (tertiary alicyclic amines) is 1. The van der Waals surface area contributed by atoms with Gasteiger partial charge in [-0.1, -0.05) is 6.42 Å². The van der Waals surface area contributed by atoms with Gasteiger partial charge in [-0.05, 0) is 38.9 Å². The normalized spacial score (nSPS) is 20.7. The molecule has 2 heterocycles. The molecule has 2 rings (SSSR count). The first-order valence-corrected chi connectivity index (χ1v) is 6.74. The Labute approximate surface area is 109 Å². The van der Waals surface area contributed by atoms with Crippen LogP contribution >= 0.6 is 0 Å². The molecule has 1 unspecified atom stereocenters. The Morgan fingerprint density at radius 3 is 3.00 bits per heavy atom. The van der Waals surface area contributed by atoms with Crippen LogP contribution in [0.3, 0.4) is 0 Å². The number of hydrogen-bond donors (Lipinski definition) is 1. The Morgan fingerprint density at radius 1 is 1.44 bits per heavy atom. The Balaban J connectivity index is 1.73. The maximum atomic E-state index is 5.04. The second-order valence-corrected chi connectivity index (χ2v) is 4.93. The van der Waals surface area contributed by atoms with Crippen molar-refractivity contribution < 1.29 is 4.74 Å². The third-order valence-corrected chi connectivity index (χ3v) is 3.67. The van der Waals surface area contributed by atoms with Crippen molar-refractivity contribution in [3.8, 4) is 5.88 Å². The average molecular weight is 249 g/mol. The predicted octanol–water partition coefficient (Wildman–Crippen LogP) is 2.38. The molecular weight excluding hydrogens is 226 g/mol. The molecule has 0 spiro atoms. The molecule has 0 amide bonds. The number of ether oxygens (including phenoxy) is 1. The molecule has 4 nitrogen and oxygen atoms in total. The molecule has 1 aliphatic heterocycles. The van der Waals surface area contributed by atoms with Crippen molar-refractivity contribution in [3.05, 3.63) is 18.3 Å². The van der Waals surface area contributed by atoms with Gasteiger partial charge in [-0.15, -0.1) is 0 Å². The van der Waals surface area contributed by atoms with E-state index in [9.17, 15) is 0 Å². The topological polar surface area (TPSA) is 37.4 Å². The lowest BCUT2D eigenvalue weighted by molar-refractivity contribution is 0.179. The summed E-state index contributed by atoms with van der Waals surface area (Å²) < 4.78 is 5.04. The highest BCUT2D eigenvalue weighted by Crippen LogP contribution is 2.18. The van der Waals surface area contributed by atoms with Crippen LogP contribution in [0.5, 0.6) is 5.88 Å². The van der Waals surface area contributed by atoms with E-state index in [0.717, 1.165) is 18.3 Å². The third-order valence-electron chi connectivity index (χ3n) is 3.67. The molecule has 1 fully saturated rings. The Bertz CT molecular complexity index is 353. The molecule has 4 heteroatoms. The number of methoxy groups -OCH3 is 1. The smallest absolute Gasteiger partial charge is 0.213 e. The van der Waals surface area contributed by atoms with Crippen molar-refractivity contribution in [2.45, 2.75) is 31.7 Å². The van der Waals surface area contributed by atoms with E-state index < -0.39 is 0 Å². The van der Waals surface area contributed by atoms with Crippen LogP contribution in [0, 0.1) is 0 Å². The van der Waals surface area contributed by atoms with Crippen molar-refractivity contribution >= 4 is 5.69 Å². The molecule has 100 valence electrons. The first-order chi connectivity index (χ1) is 8.79. The van der Waals surface area contributed by atoms with Crippen molar-refractivity contribution in [2.75, 3.05) is 32.6 Å². The Hall–Kier alpha value is -1.29. The van der Waals surface area contributed by atoms with Crippen LogP contribution in [0.25, 0.3) is 0 Å². The van der Waals surface area contributed by atoms with Crippen LogP contribution in [-0.2, 0) is 0 Å². The number of nitrogens with one attached hydrogen (secondary N) is 1. The molecule has 1 N–H and O–H groups in total. The maximum Gasteiger partial charge on any atom is 0.213 e. The van der Waals surface area contributed by atoms with Gasteiger partial charge in [-0.2, -0.15) is 0 Å². The van der Waals surface area contributed by atoms with Crippen molar-refractivity contribution in [1.82, 2.24) is 9.88 Å². The summed E-state index contributed by atoms with van der Waals surface area (Å²) in [5.74, 6) is 0.660. The zero-order valence-electron chi connectivity index (χ0n) is 11.4. The minimum absolute atomic E-state index is 0.660. The third kappa shape index (κ3) is 3.60.